The van der Waals surface area contributed by atoms with Crippen LogP contribution in [0.3, 0.4) is 0 Å². The van der Waals surface area contributed by atoms with Gasteiger partial charge in [-0.25, -0.2) is 9.59 Å². The number of amides is 1. The van der Waals surface area contributed by atoms with E-state index < -0.39 is 43.5 Å². The van der Waals surface area contributed by atoms with Crippen molar-refractivity contribution in [1.29, 1.82) is 0 Å². The number of allylic oxidation sites excluding steroid dienone is 1. The van der Waals surface area contributed by atoms with Crippen LogP contribution in [0, 0.1) is 5.41 Å². The summed E-state index contributed by atoms with van der Waals surface area (Å²) in [6.07, 6.45) is 2.51. The number of methoxy groups -OCH3 is 2. The van der Waals surface area contributed by atoms with Gasteiger partial charge in [0, 0.05) is 12.0 Å². The van der Waals surface area contributed by atoms with Crippen molar-refractivity contribution in [2.24, 2.45) is 5.41 Å². The van der Waals surface area contributed by atoms with Crippen LogP contribution in [0.2, 0.25) is 18.1 Å². The number of esters is 1. The lowest BCUT2D eigenvalue weighted by atomic mass is 9.71. The molecule has 0 N–H and O–H groups in total. The van der Waals surface area contributed by atoms with E-state index in [2.05, 4.69) is 40.4 Å². The molecule has 1 aromatic rings. The number of ether oxygens (including phenoxy) is 4. The summed E-state index contributed by atoms with van der Waals surface area (Å²) in [7, 11) is 1.02. The van der Waals surface area contributed by atoms with Crippen molar-refractivity contribution >= 4 is 20.4 Å². The van der Waals surface area contributed by atoms with Gasteiger partial charge in [0.1, 0.15) is 17.4 Å². The maximum Gasteiger partial charge on any atom is 0.411 e. The summed E-state index contributed by atoms with van der Waals surface area (Å²) in [6.45, 7) is 21.6. The summed E-state index contributed by atoms with van der Waals surface area (Å²) < 4.78 is 29.3. The molecular formula is C31H51NO7Si. The lowest BCUT2D eigenvalue weighted by Gasteiger charge is -2.40. The van der Waals surface area contributed by atoms with E-state index in [1.54, 1.807) is 34.0 Å². The van der Waals surface area contributed by atoms with Crippen LogP contribution in [-0.2, 0) is 30.0 Å². The van der Waals surface area contributed by atoms with E-state index in [-0.39, 0.29) is 11.6 Å². The third-order valence-corrected chi connectivity index (χ3v) is 12.6. The Bertz CT molecular complexity index is 996. The van der Waals surface area contributed by atoms with Gasteiger partial charge in [-0.3, -0.25) is 4.90 Å². The number of hydrogen-bond acceptors (Lipinski definition) is 7. The van der Waals surface area contributed by atoms with Crippen LogP contribution in [0.1, 0.15) is 66.4 Å². The van der Waals surface area contributed by atoms with E-state index in [0.29, 0.717) is 32.5 Å². The van der Waals surface area contributed by atoms with E-state index in [1.807, 2.05) is 24.3 Å². The van der Waals surface area contributed by atoms with Crippen LogP contribution in [0.4, 0.5) is 4.79 Å². The molecule has 1 unspecified atom stereocenters. The molecule has 0 saturated carbocycles. The molecular weight excluding hydrogens is 526 g/mol. The highest BCUT2D eigenvalue weighted by molar-refractivity contribution is 6.74. The third-order valence-electron chi connectivity index (χ3n) is 8.10. The zero-order valence-electron chi connectivity index (χ0n) is 26.3. The molecule has 1 heterocycles. The SMILES string of the molecule is C=CC[C@]1(CCCO[Si](C)(C)C(C)(C)C)C(OCc2ccc(OC)cc2)CN(C(=O)OC(C)(C)C)[C@@H]1C(=O)OC. The van der Waals surface area contributed by atoms with E-state index in [1.165, 1.54) is 12.0 Å². The first kappa shape index (κ1) is 33.8. The summed E-state index contributed by atoms with van der Waals surface area (Å²) in [5.74, 6) is 0.266. The predicted molar refractivity (Wildman–Crippen MR) is 160 cm³/mol. The van der Waals surface area contributed by atoms with Crippen LogP contribution in [-0.4, -0.2) is 70.4 Å². The molecule has 1 aromatic carbocycles. The first-order valence-corrected chi connectivity index (χ1v) is 17.0. The van der Waals surface area contributed by atoms with Crippen LogP contribution in [0.5, 0.6) is 5.75 Å². The number of rotatable bonds is 12. The van der Waals surface area contributed by atoms with E-state index in [4.69, 9.17) is 23.4 Å². The molecule has 40 heavy (non-hydrogen) atoms. The van der Waals surface area contributed by atoms with Gasteiger partial charge < -0.3 is 23.4 Å². The average molecular weight is 578 g/mol. The van der Waals surface area contributed by atoms with Gasteiger partial charge in [0.15, 0.2) is 8.32 Å². The maximum absolute atomic E-state index is 13.4. The Labute approximate surface area is 242 Å². The summed E-state index contributed by atoms with van der Waals surface area (Å²) in [5.41, 5.74) is -0.535. The Hall–Kier alpha value is -2.36. The number of benzene rings is 1. The van der Waals surface area contributed by atoms with Gasteiger partial charge in [-0.15, -0.1) is 6.58 Å². The molecule has 1 saturated heterocycles. The van der Waals surface area contributed by atoms with Gasteiger partial charge in [-0.1, -0.05) is 39.0 Å². The molecule has 0 radical (unpaired) electrons. The monoisotopic (exact) mass is 577 g/mol. The normalized spacial score (nSPS) is 21.7. The average Bonchev–Trinajstić information content (AvgIpc) is 3.17. The minimum atomic E-state index is -1.95. The fourth-order valence-electron chi connectivity index (χ4n) is 4.92. The van der Waals surface area contributed by atoms with Crippen LogP contribution in [0.15, 0.2) is 36.9 Å². The summed E-state index contributed by atoms with van der Waals surface area (Å²) in [5, 5.41) is 0.0885. The highest BCUT2D eigenvalue weighted by atomic mass is 28.4. The third kappa shape index (κ3) is 8.33. The van der Waals surface area contributed by atoms with Crippen molar-refractivity contribution in [2.75, 3.05) is 27.4 Å². The smallest absolute Gasteiger partial charge is 0.411 e. The lowest BCUT2D eigenvalue weighted by Crippen LogP contribution is -2.51. The molecule has 226 valence electrons. The topological polar surface area (TPSA) is 83.5 Å². The van der Waals surface area contributed by atoms with Crippen molar-refractivity contribution in [1.82, 2.24) is 4.90 Å². The zero-order valence-corrected chi connectivity index (χ0v) is 27.3. The van der Waals surface area contributed by atoms with E-state index >= 15 is 0 Å². The molecule has 0 bridgehead atoms. The predicted octanol–water partition coefficient (Wildman–Crippen LogP) is 6.74. The number of nitrogens with zero attached hydrogens (tertiary/aromatic N) is 1. The first-order chi connectivity index (χ1) is 18.5. The molecule has 2 rings (SSSR count). The Kier molecular flexibility index (Phi) is 11.4. The fraction of sp³-hybridized carbons (Fsp3) is 0.677. The molecule has 1 fully saturated rings. The molecule has 3 atom stereocenters. The molecule has 0 spiro atoms. The maximum atomic E-state index is 13.4. The molecule has 1 amide bonds. The molecule has 8 nitrogen and oxygen atoms in total. The summed E-state index contributed by atoms with van der Waals surface area (Å²) >= 11 is 0. The Morgan fingerprint density at radius 2 is 1.73 bits per heavy atom. The number of hydrogen-bond donors (Lipinski definition) is 0. The lowest BCUT2D eigenvalue weighted by molar-refractivity contribution is -0.151. The van der Waals surface area contributed by atoms with Crippen LogP contribution < -0.4 is 4.74 Å². The second-order valence-corrected chi connectivity index (χ2v) is 18.0. The summed E-state index contributed by atoms with van der Waals surface area (Å²) in [4.78, 5) is 28.3. The Morgan fingerprint density at radius 3 is 2.23 bits per heavy atom. The molecule has 1 aliphatic heterocycles. The summed E-state index contributed by atoms with van der Waals surface area (Å²) in [6, 6.07) is 6.76. The second-order valence-electron chi connectivity index (χ2n) is 13.1. The van der Waals surface area contributed by atoms with Crippen LogP contribution >= 0.6 is 0 Å². The quantitative estimate of drug-likeness (QED) is 0.118. The van der Waals surface area contributed by atoms with Crippen molar-refractivity contribution in [2.45, 2.75) is 103 Å². The Balaban J connectivity index is 2.43. The highest BCUT2D eigenvalue weighted by Gasteiger charge is 2.59. The fourth-order valence-corrected chi connectivity index (χ4v) is 6.01. The van der Waals surface area contributed by atoms with Gasteiger partial charge in [0.25, 0.3) is 0 Å². The minimum Gasteiger partial charge on any atom is -0.497 e. The molecule has 0 aliphatic carbocycles. The van der Waals surface area contributed by atoms with Gasteiger partial charge in [0.05, 0.1) is 33.5 Å². The standard InChI is InChI=1S/C31H51NO7Si/c1-12-18-31(19-13-20-38-40(10,11)30(5,6)7)25(37-22-23-14-16-24(35-8)17-15-23)21-32(26(31)27(33)36-9)28(34)39-29(2,3)4/h12,14-17,25-26H,1,13,18-22H2,2-11H3/t25?,26-,31+/m1/s1. The number of carbonyl (C=O) groups is 2. The van der Waals surface area contributed by atoms with Gasteiger partial charge >= 0.3 is 12.1 Å². The van der Waals surface area contributed by atoms with Gasteiger partial charge in [-0.05, 0) is 75.9 Å². The first-order valence-electron chi connectivity index (χ1n) is 14.1. The Morgan fingerprint density at radius 1 is 1.10 bits per heavy atom. The van der Waals surface area contributed by atoms with Crippen molar-refractivity contribution < 1.29 is 33.0 Å². The van der Waals surface area contributed by atoms with Crippen LogP contribution in [0.25, 0.3) is 0 Å². The van der Waals surface area contributed by atoms with Gasteiger partial charge in [-0.2, -0.15) is 0 Å². The number of carbonyl (C=O) groups excluding carboxylic acids is 2. The number of likely N-dealkylation sites (tertiary alicyclic amines) is 1. The van der Waals surface area contributed by atoms with Gasteiger partial charge in [0.2, 0.25) is 0 Å². The van der Waals surface area contributed by atoms with E-state index in [0.717, 1.165) is 11.3 Å². The van der Waals surface area contributed by atoms with E-state index in [9.17, 15) is 9.59 Å². The zero-order chi connectivity index (χ0) is 30.4. The molecule has 1 aliphatic rings. The van der Waals surface area contributed by atoms with Crippen molar-refractivity contribution in [3.8, 4) is 5.75 Å². The second kappa shape index (κ2) is 13.5. The van der Waals surface area contributed by atoms with Crippen molar-refractivity contribution in [3.63, 3.8) is 0 Å². The minimum absolute atomic E-state index is 0.0885. The molecule has 9 heteroatoms. The highest BCUT2D eigenvalue weighted by Crippen LogP contribution is 2.48. The largest absolute Gasteiger partial charge is 0.497 e. The van der Waals surface area contributed by atoms with Crippen molar-refractivity contribution in [3.05, 3.63) is 42.5 Å². The molecule has 0 aromatic heterocycles.